The Kier molecular flexibility index (Phi) is 5.20. The quantitative estimate of drug-likeness (QED) is 0.834. The third-order valence-electron chi connectivity index (χ3n) is 4.83. The van der Waals surface area contributed by atoms with E-state index in [9.17, 15) is 17.6 Å². The molecule has 1 aromatic rings. The molecule has 2 aliphatic heterocycles. The van der Waals surface area contributed by atoms with E-state index in [-0.39, 0.29) is 16.7 Å². The number of halogens is 1. The first-order valence-electron chi connectivity index (χ1n) is 8.48. The van der Waals surface area contributed by atoms with E-state index in [1.54, 1.807) is 17.0 Å². The van der Waals surface area contributed by atoms with Gasteiger partial charge >= 0.3 is 0 Å². The van der Waals surface area contributed by atoms with Crippen molar-refractivity contribution in [3.8, 4) is 0 Å². The Morgan fingerprint density at radius 3 is 2.38 bits per heavy atom. The smallest absolute Gasteiger partial charge is 0.253 e. The van der Waals surface area contributed by atoms with Gasteiger partial charge in [-0.15, -0.1) is 0 Å². The average Bonchev–Trinajstić information content (AvgIpc) is 3.17. The molecule has 0 aromatic heterocycles. The lowest BCUT2D eigenvalue weighted by atomic mass is 9.99. The SMILES string of the molecule is O=C(c1ccc(S(=O)(=O)N2CCCC2)cc1)N1CCCC(CF)C1. The number of sulfonamides is 1. The minimum Gasteiger partial charge on any atom is -0.338 e. The zero-order chi connectivity index (χ0) is 17.2. The minimum absolute atomic E-state index is 0.0856. The van der Waals surface area contributed by atoms with Crippen molar-refractivity contribution in [1.29, 1.82) is 0 Å². The summed E-state index contributed by atoms with van der Waals surface area (Å²) in [5.74, 6) is -0.240. The van der Waals surface area contributed by atoms with Crippen LogP contribution in [0.25, 0.3) is 0 Å². The first-order valence-corrected chi connectivity index (χ1v) is 9.92. The van der Waals surface area contributed by atoms with Gasteiger partial charge in [0.05, 0.1) is 11.6 Å². The predicted octanol–water partition coefficient (Wildman–Crippen LogP) is 2.29. The number of carbonyl (C=O) groups is 1. The number of amides is 1. The van der Waals surface area contributed by atoms with Crippen LogP contribution < -0.4 is 0 Å². The van der Waals surface area contributed by atoms with Crippen molar-refractivity contribution in [3.63, 3.8) is 0 Å². The number of carbonyl (C=O) groups excluding carboxylic acids is 1. The minimum atomic E-state index is -3.46. The van der Waals surface area contributed by atoms with Crippen molar-refractivity contribution < 1.29 is 17.6 Å². The van der Waals surface area contributed by atoms with Crippen molar-refractivity contribution in [1.82, 2.24) is 9.21 Å². The second kappa shape index (κ2) is 7.19. The number of benzene rings is 1. The van der Waals surface area contributed by atoms with Gasteiger partial charge in [-0.25, -0.2) is 8.42 Å². The van der Waals surface area contributed by atoms with Crippen LogP contribution in [0.4, 0.5) is 4.39 Å². The molecule has 1 amide bonds. The first kappa shape index (κ1) is 17.4. The molecular weight excluding hydrogens is 331 g/mol. The molecule has 2 saturated heterocycles. The van der Waals surface area contributed by atoms with E-state index in [2.05, 4.69) is 0 Å². The molecule has 1 aromatic carbocycles. The summed E-state index contributed by atoms with van der Waals surface area (Å²) in [4.78, 5) is 14.4. The van der Waals surface area contributed by atoms with Crippen LogP contribution in [0.2, 0.25) is 0 Å². The van der Waals surface area contributed by atoms with E-state index in [4.69, 9.17) is 0 Å². The third kappa shape index (κ3) is 3.47. The molecular formula is C17H23FN2O3S. The maximum absolute atomic E-state index is 12.8. The summed E-state index contributed by atoms with van der Waals surface area (Å²) in [6.07, 6.45) is 3.40. The lowest BCUT2D eigenvalue weighted by Crippen LogP contribution is -2.40. The monoisotopic (exact) mass is 354 g/mol. The molecule has 0 saturated carbocycles. The highest BCUT2D eigenvalue weighted by Gasteiger charge is 2.28. The van der Waals surface area contributed by atoms with Gasteiger partial charge in [0.1, 0.15) is 0 Å². The summed E-state index contributed by atoms with van der Waals surface area (Å²) >= 11 is 0. The van der Waals surface area contributed by atoms with Gasteiger partial charge in [0, 0.05) is 37.7 Å². The average molecular weight is 354 g/mol. The van der Waals surface area contributed by atoms with Crippen LogP contribution in [-0.4, -0.2) is 56.4 Å². The van der Waals surface area contributed by atoms with Crippen LogP contribution in [-0.2, 0) is 10.0 Å². The van der Waals surface area contributed by atoms with Gasteiger partial charge in [0.15, 0.2) is 0 Å². The van der Waals surface area contributed by atoms with Gasteiger partial charge in [-0.2, -0.15) is 4.31 Å². The Hall–Kier alpha value is -1.47. The van der Waals surface area contributed by atoms with Gasteiger partial charge in [0.2, 0.25) is 10.0 Å². The summed E-state index contributed by atoms with van der Waals surface area (Å²) in [5, 5.41) is 0. The Bertz CT molecular complexity index is 684. The van der Waals surface area contributed by atoms with E-state index < -0.39 is 16.7 Å². The molecule has 7 heteroatoms. The van der Waals surface area contributed by atoms with E-state index in [1.165, 1.54) is 16.4 Å². The standard InChI is InChI=1S/C17H23FN2O3S/c18-12-14-4-3-9-19(13-14)17(21)15-5-7-16(8-6-15)24(22,23)20-10-1-2-11-20/h5-8,14H,1-4,9-13H2. The van der Waals surface area contributed by atoms with Crippen LogP contribution in [0.5, 0.6) is 0 Å². The molecule has 2 aliphatic rings. The van der Waals surface area contributed by atoms with Crippen LogP contribution >= 0.6 is 0 Å². The highest BCUT2D eigenvalue weighted by molar-refractivity contribution is 7.89. The molecule has 5 nitrogen and oxygen atoms in total. The molecule has 1 atom stereocenters. The zero-order valence-corrected chi connectivity index (χ0v) is 14.5. The number of likely N-dealkylation sites (tertiary alicyclic amines) is 1. The molecule has 24 heavy (non-hydrogen) atoms. The van der Waals surface area contributed by atoms with Gasteiger partial charge < -0.3 is 4.90 Å². The van der Waals surface area contributed by atoms with Crippen LogP contribution in [0.15, 0.2) is 29.2 Å². The number of alkyl halides is 1. The lowest BCUT2D eigenvalue weighted by molar-refractivity contribution is 0.0656. The molecule has 1 unspecified atom stereocenters. The van der Waals surface area contributed by atoms with Crippen molar-refractivity contribution in [2.24, 2.45) is 5.92 Å². The normalized spacial score (nSPS) is 22.7. The number of hydrogen-bond acceptors (Lipinski definition) is 3. The van der Waals surface area contributed by atoms with Gasteiger partial charge in [-0.3, -0.25) is 9.18 Å². The van der Waals surface area contributed by atoms with Crippen LogP contribution in [0.3, 0.4) is 0 Å². The Labute approximate surface area is 142 Å². The molecule has 2 fully saturated rings. The van der Waals surface area contributed by atoms with Crippen molar-refractivity contribution in [3.05, 3.63) is 29.8 Å². The van der Waals surface area contributed by atoms with E-state index in [0.29, 0.717) is 31.7 Å². The molecule has 2 heterocycles. The van der Waals surface area contributed by atoms with Crippen LogP contribution in [0, 0.1) is 5.92 Å². The number of hydrogen-bond donors (Lipinski definition) is 0. The Morgan fingerprint density at radius 2 is 1.75 bits per heavy atom. The number of nitrogens with zero attached hydrogens (tertiary/aromatic N) is 2. The van der Waals surface area contributed by atoms with Gasteiger partial charge in [0.25, 0.3) is 5.91 Å². The molecule has 0 bridgehead atoms. The number of rotatable bonds is 4. The maximum Gasteiger partial charge on any atom is 0.253 e. The second-order valence-electron chi connectivity index (χ2n) is 6.55. The molecule has 0 spiro atoms. The molecule has 132 valence electrons. The van der Waals surface area contributed by atoms with Gasteiger partial charge in [-0.1, -0.05) is 0 Å². The Morgan fingerprint density at radius 1 is 1.08 bits per heavy atom. The fourth-order valence-corrected chi connectivity index (χ4v) is 4.92. The van der Waals surface area contributed by atoms with E-state index in [1.807, 2.05) is 0 Å². The third-order valence-corrected chi connectivity index (χ3v) is 6.74. The molecule has 0 aliphatic carbocycles. The molecule has 0 N–H and O–H groups in total. The number of piperidine rings is 1. The van der Waals surface area contributed by atoms with E-state index >= 15 is 0 Å². The van der Waals surface area contributed by atoms with Crippen molar-refractivity contribution in [2.45, 2.75) is 30.6 Å². The molecule has 0 radical (unpaired) electrons. The topological polar surface area (TPSA) is 57.7 Å². The largest absolute Gasteiger partial charge is 0.338 e. The predicted molar refractivity (Wildman–Crippen MR) is 89.0 cm³/mol. The van der Waals surface area contributed by atoms with Crippen LogP contribution in [0.1, 0.15) is 36.0 Å². The summed E-state index contributed by atoms with van der Waals surface area (Å²) in [6, 6.07) is 6.11. The lowest BCUT2D eigenvalue weighted by Gasteiger charge is -2.31. The summed E-state index contributed by atoms with van der Waals surface area (Å²) in [5.41, 5.74) is 0.454. The summed E-state index contributed by atoms with van der Waals surface area (Å²) < 4.78 is 39.3. The highest BCUT2D eigenvalue weighted by atomic mass is 32.2. The summed E-state index contributed by atoms with van der Waals surface area (Å²) in [6.45, 7) is 1.77. The van der Waals surface area contributed by atoms with E-state index in [0.717, 1.165) is 25.7 Å². The maximum atomic E-state index is 12.8. The second-order valence-corrected chi connectivity index (χ2v) is 8.49. The fraction of sp³-hybridized carbons (Fsp3) is 0.588. The first-order chi connectivity index (χ1) is 11.5. The van der Waals surface area contributed by atoms with Crippen molar-refractivity contribution >= 4 is 15.9 Å². The highest BCUT2D eigenvalue weighted by Crippen LogP contribution is 2.23. The Balaban J connectivity index is 1.73. The summed E-state index contributed by atoms with van der Waals surface area (Å²) in [7, 11) is -3.46. The van der Waals surface area contributed by atoms with Crippen molar-refractivity contribution in [2.75, 3.05) is 32.9 Å². The zero-order valence-electron chi connectivity index (χ0n) is 13.7. The fourth-order valence-electron chi connectivity index (χ4n) is 3.41. The van der Waals surface area contributed by atoms with Gasteiger partial charge in [-0.05, 0) is 49.9 Å². The molecule has 3 rings (SSSR count).